The lowest BCUT2D eigenvalue weighted by Gasteiger charge is -2.43. The molecule has 7 heterocycles. The standard InChI is InChI=1S/C79H80BN3Si/c1-42(2)45-19-25-52(26-20-45)81-61-29-21-46(43(3)4)33-57(61)69-64(81)41-60-74-70(69)58-34-47(44(5)6)22-30-62(58)82(74)63-31-32-65-75-71(63)80(60)59-37-50(78(13,14)15)35-55-56-36-51(79(16,17)18)40-68(73(56)83(75)72(55)59)84(65)66-38-48(76(7,8)9)23-27-53(66)54-28-24-49(39-67(54)84)77(10,11)12/h19-44H,1-18H3. The fourth-order valence-corrected chi connectivity index (χ4v) is 21.9. The van der Waals surface area contributed by atoms with Crippen molar-refractivity contribution in [3.05, 3.63) is 178 Å². The molecule has 3 nitrogen and oxygen atoms in total. The molecule has 0 saturated carbocycles. The summed E-state index contributed by atoms with van der Waals surface area (Å²) in [5, 5.41) is 14.4. The Morgan fingerprint density at radius 1 is 0.357 bits per heavy atom. The van der Waals surface area contributed by atoms with Gasteiger partial charge in [0.2, 0.25) is 0 Å². The Balaban J connectivity index is 1.17. The monoisotopic (exact) mass is 1110 g/mol. The number of benzene rings is 9. The van der Waals surface area contributed by atoms with Gasteiger partial charge in [0, 0.05) is 54.9 Å². The fraction of sp³-hybridized carbons (Fsp3) is 0.316. The number of aromatic nitrogens is 3. The van der Waals surface area contributed by atoms with Gasteiger partial charge in [0.1, 0.15) is 0 Å². The van der Waals surface area contributed by atoms with Crippen molar-refractivity contribution in [2.75, 3.05) is 0 Å². The SMILES string of the molecule is CC(C)c1ccc(-n2c3ccc(C(C)C)cc3c3c4c5cc(C(C)C)ccc5n5c4c(cc32)B2c3c-5ccc4c3-n3c5c2cc(C(C)(C)C)cc5c2cc(C(C)(C)C)cc(c23)[Si]42c3cc(C(C)(C)C)ccc3-c3ccc(C(C)(C)C)cc32)cc1. The van der Waals surface area contributed by atoms with Crippen LogP contribution in [0.4, 0.5) is 0 Å². The van der Waals surface area contributed by atoms with Crippen molar-refractivity contribution in [1.82, 2.24) is 13.7 Å². The van der Waals surface area contributed by atoms with Gasteiger partial charge in [0.25, 0.3) is 6.71 Å². The maximum Gasteiger partial charge on any atom is 0.252 e. The van der Waals surface area contributed by atoms with E-state index in [0.29, 0.717) is 17.8 Å². The first-order chi connectivity index (χ1) is 39.7. The number of fused-ring (bicyclic) bond motifs is 18. The van der Waals surface area contributed by atoms with E-state index < -0.39 is 8.07 Å². The fourth-order valence-electron chi connectivity index (χ4n) is 16.2. The van der Waals surface area contributed by atoms with E-state index >= 15 is 0 Å². The molecule has 3 aromatic heterocycles. The third-order valence-corrected chi connectivity index (χ3v) is 25.8. The summed E-state index contributed by atoms with van der Waals surface area (Å²) >= 11 is 0. The van der Waals surface area contributed by atoms with Gasteiger partial charge in [-0.25, -0.2) is 0 Å². The highest BCUT2D eigenvalue weighted by atomic mass is 28.3. The van der Waals surface area contributed by atoms with Gasteiger partial charge >= 0.3 is 0 Å². The predicted octanol–water partition coefficient (Wildman–Crippen LogP) is 16.4. The second-order valence-electron chi connectivity index (χ2n) is 31.2. The van der Waals surface area contributed by atoms with Crippen LogP contribution in [0.1, 0.15) is 181 Å². The van der Waals surface area contributed by atoms with E-state index in [4.69, 9.17) is 0 Å². The van der Waals surface area contributed by atoms with Crippen LogP contribution in [-0.2, 0) is 21.7 Å². The summed E-state index contributed by atoms with van der Waals surface area (Å²) < 4.78 is 8.26. The zero-order valence-electron chi connectivity index (χ0n) is 52.9. The second kappa shape index (κ2) is 16.5. The van der Waals surface area contributed by atoms with Crippen LogP contribution in [0.5, 0.6) is 0 Å². The molecule has 16 rings (SSSR count). The minimum Gasteiger partial charge on any atom is -0.310 e. The van der Waals surface area contributed by atoms with Gasteiger partial charge in [-0.05, 0) is 187 Å². The third kappa shape index (κ3) is 6.60. The van der Waals surface area contributed by atoms with Gasteiger partial charge < -0.3 is 13.7 Å². The topological polar surface area (TPSA) is 14.8 Å². The molecular formula is C79H80BN3Si. The number of rotatable bonds is 4. The van der Waals surface area contributed by atoms with Gasteiger partial charge in [0.15, 0.2) is 8.07 Å². The molecule has 0 unspecified atom stereocenters. The highest BCUT2D eigenvalue weighted by Crippen LogP contribution is 2.49. The largest absolute Gasteiger partial charge is 0.310 e. The molecule has 4 aliphatic heterocycles. The molecule has 12 aromatic rings. The zero-order valence-corrected chi connectivity index (χ0v) is 53.9. The summed E-state index contributed by atoms with van der Waals surface area (Å²) in [5.74, 6) is 1.20. The summed E-state index contributed by atoms with van der Waals surface area (Å²) in [6, 6.07) is 58.5. The van der Waals surface area contributed by atoms with Crippen molar-refractivity contribution in [3.8, 4) is 28.2 Å². The highest BCUT2D eigenvalue weighted by Gasteiger charge is 2.57. The Labute approximate surface area is 498 Å². The number of hydrogen-bond donors (Lipinski definition) is 0. The summed E-state index contributed by atoms with van der Waals surface area (Å²) in [6.45, 7) is 43.0. The molecule has 4 aliphatic rings. The molecule has 0 amide bonds. The van der Waals surface area contributed by atoms with Gasteiger partial charge in [-0.2, -0.15) is 0 Å². The average molecular weight is 1110 g/mol. The van der Waals surface area contributed by atoms with Crippen molar-refractivity contribution in [1.29, 1.82) is 0 Å². The molecule has 5 heteroatoms. The van der Waals surface area contributed by atoms with Gasteiger partial charge in [-0.15, -0.1) is 0 Å². The van der Waals surface area contributed by atoms with Crippen LogP contribution in [0.15, 0.2) is 140 Å². The van der Waals surface area contributed by atoms with Gasteiger partial charge in [-0.1, -0.05) is 203 Å². The van der Waals surface area contributed by atoms with Crippen LogP contribution in [0.3, 0.4) is 0 Å². The van der Waals surface area contributed by atoms with Crippen molar-refractivity contribution in [2.45, 2.75) is 164 Å². The van der Waals surface area contributed by atoms with E-state index in [1.807, 2.05) is 0 Å². The van der Waals surface area contributed by atoms with E-state index in [1.54, 1.807) is 15.6 Å². The van der Waals surface area contributed by atoms with Gasteiger partial charge in [0.05, 0.1) is 27.6 Å². The second-order valence-corrected chi connectivity index (χ2v) is 34.8. The predicted molar refractivity (Wildman–Crippen MR) is 367 cm³/mol. The first-order valence-electron chi connectivity index (χ1n) is 31.5. The summed E-state index contributed by atoms with van der Waals surface area (Å²) in [7, 11) is -3.21. The molecule has 0 N–H and O–H groups in total. The molecule has 0 bridgehead atoms. The molecule has 0 aliphatic carbocycles. The Morgan fingerprint density at radius 2 is 0.845 bits per heavy atom. The summed E-state index contributed by atoms with van der Waals surface area (Å²) in [6.07, 6.45) is 0. The molecular weight excluding hydrogens is 1030 g/mol. The van der Waals surface area contributed by atoms with Crippen molar-refractivity contribution < 1.29 is 0 Å². The summed E-state index contributed by atoms with van der Waals surface area (Å²) in [5.41, 5.74) is 28.5. The van der Waals surface area contributed by atoms with E-state index in [2.05, 4.69) is 278 Å². The number of hydrogen-bond acceptors (Lipinski definition) is 0. The zero-order chi connectivity index (χ0) is 58.7. The summed E-state index contributed by atoms with van der Waals surface area (Å²) in [4.78, 5) is 0. The molecule has 0 atom stereocenters. The molecule has 0 fully saturated rings. The Morgan fingerprint density at radius 3 is 1.39 bits per heavy atom. The van der Waals surface area contributed by atoms with E-state index in [-0.39, 0.29) is 28.4 Å². The minimum absolute atomic E-state index is 0.0454. The molecule has 418 valence electrons. The lowest BCUT2D eigenvalue weighted by atomic mass is 9.34. The minimum atomic E-state index is -3.21. The van der Waals surface area contributed by atoms with Crippen molar-refractivity contribution in [2.24, 2.45) is 0 Å². The normalized spacial score (nSPS) is 14.9. The molecule has 0 saturated heterocycles. The lowest BCUT2D eigenvalue weighted by molar-refractivity contribution is 0.590. The molecule has 0 radical (unpaired) electrons. The Kier molecular flexibility index (Phi) is 10.3. The van der Waals surface area contributed by atoms with Crippen LogP contribution in [-0.4, -0.2) is 28.5 Å². The van der Waals surface area contributed by atoms with Crippen LogP contribution in [0.25, 0.3) is 93.6 Å². The Hall–Kier alpha value is -7.34. The van der Waals surface area contributed by atoms with Gasteiger partial charge in [-0.3, -0.25) is 0 Å². The maximum atomic E-state index is 2.86. The number of nitrogens with zero attached hydrogens (tertiary/aromatic N) is 3. The van der Waals surface area contributed by atoms with E-state index in [0.717, 1.165) is 0 Å². The molecule has 9 aromatic carbocycles. The van der Waals surface area contributed by atoms with Crippen molar-refractivity contribution in [3.63, 3.8) is 0 Å². The van der Waals surface area contributed by atoms with E-state index in [9.17, 15) is 0 Å². The smallest absolute Gasteiger partial charge is 0.252 e. The maximum absolute atomic E-state index is 3.21. The first kappa shape index (κ1) is 52.2. The molecule has 1 spiro atoms. The lowest BCUT2D eigenvalue weighted by Crippen LogP contribution is -2.77. The first-order valence-corrected chi connectivity index (χ1v) is 33.5. The van der Waals surface area contributed by atoms with Crippen molar-refractivity contribution >= 4 is 117 Å². The average Bonchev–Trinajstić information content (AvgIpc) is 1.41. The quantitative estimate of drug-likeness (QED) is 0.156. The van der Waals surface area contributed by atoms with Crippen LogP contribution >= 0.6 is 0 Å². The van der Waals surface area contributed by atoms with E-state index in [1.165, 1.54) is 154 Å². The highest BCUT2D eigenvalue weighted by molar-refractivity contribution is 7.24. The molecule has 84 heavy (non-hydrogen) atoms. The van der Waals surface area contributed by atoms with Crippen LogP contribution < -0.4 is 37.1 Å². The van der Waals surface area contributed by atoms with Crippen LogP contribution in [0.2, 0.25) is 0 Å². The Bertz CT molecular complexity index is 4900. The van der Waals surface area contributed by atoms with Crippen LogP contribution in [0, 0.1) is 0 Å². The third-order valence-electron chi connectivity index (χ3n) is 21.0.